The van der Waals surface area contributed by atoms with Gasteiger partial charge in [-0.25, -0.2) is 0 Å². The topological polar surface area (TPSA) is 97.4 Å². The van der Waals surface area contributed by atoms with Crippen molar-refractivity contribution in [3.63, 3.8) is 0 Å². The van der Waals surface area contributed by atoms with Crippen LogP contribution in [0.2, 0.25) is 0 Å². The molecule has 0 radical (unpaired) electrons. The molecule has 1 atom stereocenters. The number of methoxy groups -OCH3 is 1. The number of rotatable bonds is 7. The Balaban J connectivity index is 2.62. The van der Waals surface area contributed by atoms with Crippen LogP contribution >= 0.6 is 11.8 Å². The molecule has 1 rings (SSSR count). The number of carbonyl (C=O) groups is 2. The van der Waals surface area contributed by atoms with Gasteiger partial charge in [-0.15, -0.1) is 0 Å². The highest BCUT2D eigenvalue weighted by molar-refractivity contribution is 7.99. The molecule has 1 saturated heterocycles. The molecule has 23 heavy (non-hydrogen) atoms. The van der Waals surface area contributed by atoms with E-state index in [4.69, 9.17) is 15.3 Å². The Morgan fingerprint density at radius 2 is 1.96 bits per heavy atom. The monoisotopic (exact) mass is 338 g/mol. The van der Waals surface area contributed by atoms with Gasteiger partial charge in [0.2, 0.25) is 5.91 Å². The number of hydrogen-bond acceptors (Lipinski definition) is 7. The van der Waals surface area contributed by atoms with Crippen molar-refractivity contribution in [3.05, 3.63) is 0 Å². The lowest BCUT2D eigenvalue weighted by molar-refractivity contribution is -0.145. The molecule has 1 aliphatic rings. The minimum absolute atomic E-state index is 0.106. The minimum atomic E-state index is -0.248. The molecule has 0 bridgehead atoms. The summed E-state index contributed by atoms with van der Waals surface area (Å²) in [6, 6.07) is 4.04. The number of hydrogen-bond donors (Lipinski definition) is 0. The second-order valence-electron chi connectivity index (χ2n) is 5.23. The molecule has 0 aromatic heterocycles. The smallest absolute Gasteiger partial charge is 0.310 e. The second kappa shape index (κ2) is 10.9. The summed E-state index contributed by atoms with van der Waals surface area (Å²) in [5.74, 6) is 0.974. The van der Waals surface area contributed by atoms with Gasteiger partial charge in [0, 0.05) is 37.7 Å². The van der Waals surface area contributed by atoms with Crippen molar-refractivity contribution in [3.8, 4) is 12.1 Å². The van der Waals surface area contributed by atoms with Crippen molar-refractivity contribution in [1.29, 1.82) is 10.5 Å². The molecule has 0 aliphatic carbocycles. The average Bonchev–Trinajstić information content (AvgIpc) is 2.79. The van der Waals surface area contributed by atoms with Crippen LogP contribution in [0.4, 0.5) is 0 Å². The van der Waals surface area contributed by atoms with Gasteiger partial charge in [0.15, 0.2) is 0 Å². The highest BCUT2D eigenvalue weighted by atomic mass is 32.2. The largest absolute Gasteiger partial charge is 0.469 e. The number of thioether (sulfide) groups is 1. The molecular formula is C15H22N4O3S. The average molecular weight is 338 g/mol. The standard InChI is InChI=1S/C15H22N4O3S/c1-22-15(21)13-10-18(8-9-23-12-13)11-14(20)19(6-2-4-16)7-3-5-17/h13H,2-3,6-12H2,1H3/t13-/m0/s1. The Morgan fingerprint density at radius 3 is 2.52 bits per heavy atom. The zero-order valence-corrected chi connectivity index (χ0v) is 14.2. The maximum Gasteiger partial charge on any atom is 0.310 e. The molecule has 1 amide bonds. The first-order valence-electron chi connectivity index (χ1n) is 7.52. The first-order chi connectivity index (χ1) is 11.1. The Bertz CT molecular complexity index is 468. The maximum atomic E-state index is 12.4. The van der Waals surface area contributed by atoms with Crippen molar-refractivity contribution in [2.24, 2.45) is 5.92 Å². The van der Waals surface area contributed by atoms with Crippen molar-refractivity contribution in [1.82, 2.24) is 9.80 Å². The van der Waals surface area contributed by atoms with Crippen LogP contribution in [0.1, 0.15) is 12.8 Å². The van der Waals surface area contributed by atoms with Gasteiger partial charge in [0.25, 0.3) is 0 Å². The molecule has 1 heterocycles. The van der Waals surface area contributed by atoms with E-state index in [9.17, 15) is 9.59 Å². The Hall–Kier alpha value is -1.77. The summed E-state index contributed by atoms with van der Waals surface area (Å²) in [6.07, 6.45) is 0.496. The van der Waals surface area contributed by atoms with E-state index in [2.05, 4.69) is 0 Å². The molecule has 126 valence electrons. The fourth-order valence-corrected chi connectivity index (χ4v) is 3.43. The van der Waals surface area contributed by atoms with Crippen LogP contribution in [0.5, 0.6) is 0 Å². The van der Waals surface area contributed by atoms with E-state index in [-0.39, 0.29) is 37.2 Å². The van der Waals surface area contributed by atoms with E-state index in [0.717, 1.165) is 12.3 Å². The number of ether oxygens (including phenoxy) is 1. The maximum absolute atomic E-state index is 12.4. The highest BCUT2D eigenvalue weighted by Crippen LogP contribution is 2.17. The van der Waals surface area contributed by atoms with E-state index in [0.29, 0.717) is 25.4 Å². The molecule has 0 N–H and O–H groups in total. The molecule has 7 nitrogen and oxygen atoms in total. The fraction of sp³-hybridized carbons (Fsp3) is 0.733. The molecular weight excluding hydrogens is 316 g/mol. The van der Waals surface area contributed by atoms with Crippen LogP contribution in [0.25, 0.3) is 0 Å². The van der Waals surface area contributed by atoms with Gasteiger partial charge < -0.3 is 9.64 Å². The summed E-state index contributed by atoms with van der Waals surface area (Å²) in [6.45, 7) is 2.09. The number of nitrogens with zero attached hydrogens (tertiary/aromatic N) is 4. The second-order valence-corrected chi connectivity index (χ2v) is 6.38. The van der Waals surface area contributed by atoms with E-state index < -0.39 is 0 Å². The SMILES string of the molecule is COC(=O)[C@@H]1CSCCN(CC(=O)N(CCC#N)CCC#N)C1. The Kier molecular flexibility index (Phi) is 9.11. The van der Waals surface area contributed by atoms with Crippen LogP contribution in [0, 0.1) is 28.6 Å². The molecule has 0 aromatic rings. The molecule has 0 saturated carbocycles. The van der Waals surface area contributed by atoms with Gasteiger partial charge in [-0.1, -0.05) is 0 Å². The summed E-state index contributed by atoms with van der Waals surface area (Å²) in [7, 11) is 1.37. The predicted octanol–water partition coefficient (Wildman–Crippen LogP) is 0.480. The van der Waals surface area contributed by atoms with Gasteiger partial charge in [-0.05, 0) is 0 Å². The van der Waals surface area contributed by atoms with Gasteiger partial charge in [0.1, 0.15) is 0 Å². The Morgan fingerprint density at radius 1 is 1.30 bits per heavy atom. The zero-order valence-electron chi connectivity index (χ0n) is 13.4. The van der Waals surface area contributed by atoms with Gasteiger partial charge in [0.05, 0.1) is 44.6 Å². The van der Waals surface area contributed by atoms with Crippen LogP contribution in [-0.2, 0) is 14.3 Å². The Labute approximate surface area is 141 Å². The first kappa shape index (κ1) is 19.3. The van der Waals surface area contributed by atoms with E-state index in [1.165, 1.54) is 7.11 Å². The van der Waals surface area contributed by atoms with Crippen molar-refractivity contribution in [2.75, 3.05) is 51.3 Å². The number of nitriles is 2. The number of amides is 1. The third-order valence-corrected chi connectivity index (χ3v) is 4.69. The van der Waals surface area contributed by atoms with Crippen LogP contribution in [0.3, 0.4) is 0 Å². The van der Waals surface area contributed by atoms with Crippen LogP contribution < -0.4 is 0 Å². The van der Waals surface area contributed by atoms with Gasteiger partial charge >= 0.3 is 5.97 Å². The molecule has 1 fully saturated rings. The first-order valence-corrected chi connectivity index (χ1v) is 8.67. The lowest BCUT2D eigenvalue weighted by Gasteiger charge is -2.26. The quantitative estimate of drug-likeness (QED) is 0.623. The zero-order chi connectivity index (χ0) is 17.1. The lowest BCUT2D eigenvalue weighted by atomic mass is 10.1. The third kappa shape index (κ3) is 6.89. The minimum Gasteiger partial charge on any atom is -0.469 e. The summed E-state index contributed by atoms with van der Waals surface area (Å²) in [5.41, 5.74) is 0. The summed E-state index contributed by atoms with van der Waals surface area (Å²) < 4.78 is 4.81. The summed E-state index contributed by atoms with van der Waals surface area (Å²) in [5, 5.41) is 17.4. The normalized spacial score (nSPS) is 18.3. The molecule has 0 spiro atoms. The predicted molar refractivity (Wildman–Crippen MR) is 86.3 cm³/mol. The molecule has 0 aromatic carbocycles. The van der Waals surface area contributed by atoms with Crippen molar-refractivity contribution < 1.29 is 14.3 Å². The van der Waals surface area contributed by atoms with Crippen LogP contribution in [-0.4, -0.2) is 73.0 Å². The third-order valence-electron chi connectivity index (χ3n) is 3.58. The molecule has 0 unspecified atom stereocenters. The van der Waals surface area contributed by atoms with E-state index >= 15 is 0 Å². The lowest BCUT2D eigenvalue weighted by Crippen LogP contribution is -2.43. The molecule has 1 aliphatic heterocycles. The highest BCUT2D eigenvalue weighted by Gasteiger charge is 2.27. The number of carbonyl (C=O) groups excluding carboxylic acids is 2. The van der Waals surface area contributed by atoms with Crippen molar-refractivity contribution in [2.45, 2.75) is 12.8 Å². The van der Waals surface area contributed by atoms with Gasteiger partial charge in [-0.2, -0.15) is 22.3 Å². The van der Waals surface area contributed by atoms with E-state index in [1.54, 1.807) is 16.7 Å². The van der Waals surface area contributed by atoms with Crippen molar-refractivity contribution >= 4 is 23.6 Å². The fourth-order valence-electron chi connectivity index (χ4n) is 2.35. The van der Waals surface area contributed by atoms with Crippen LogP contribution in [0.15, 0.2) is 0 Å². The van der Waals surface area contributed by atoms with E-state index in [1.807, 2.05) is 17.0 Å². The summed E-state index contributed by atoms with van der Waals surface area (Å²) >= 11 is 1.68. The summed E-state index contributed by atoms with van der Waals surface area (Å²) in [4.78, 5) is 27.7. The van der Waals surface area contributed by atoms with Gasteiger partial charge in [-0.3, -0.25) is 14.5 Å². The molecule has 8 heteroatoms. The number of esters is 1.